The van der Waals surface area contributed by atoms with Gasteiger partial charge in [0.05, 0.1) is 29.7 Å². The number of furan rings is 1. The second kappa shape index (κ2) is 8.91. The largest absolute Gasteiger partial charge is 0.472 e. The first-order valence-electron chi connectivity index (χ1n) is 9.25. The van der Waals surface area contributed by atoms with Crippen LogP contribution in [-0.2, 0) is 4.74 Å². The fourth-order valence-corrected chi connectivity index (χ4v) is 4.23. The molecule has 0 bridgehead atoms. The fourth-order valence-electron chi connectivity index (χ4n) is 3.11. The second-order valence-corrected chi connectivity index (χ2v) is 7.54. The number of carbonyl (C=O) groups is 2. The van der Waals surface area contributed by atoms with Gasteiger partial charge < -0.3 is 19.4 Å². The summed E-state index contributed by atoms with van der Waals surface area (Å²) in [4.78, 5) is 29.0. The first kappa shape index (κ1) is 19.8. The Morgan fingerprint density at radius 2 is 2.07 bits per heavy atom. The maximum Gasteiger partial charge on any atom is 0.259 e. The summed E-state index contributed by atoms with van der Waals surface area (Å²) >= 11 is 1.49. The molecule has 0 saturated heterocycles. The average molecular weight is 418 g/mol. The zero-order valence-electron chi connectivity index (χ0n) is 16.0. The lowest BCUT2D eigenvalue weighted by Crippen LogP contribution is -2.34. The zero-order valence-corrected chi connectivity index (χ0v) is 16.8. The number of hydrogen-bond donors (Lipinski definition) is 1. The van der Waals surface area contributed by atoms with Gasteiger partial charge in [-0.25, -0.2) is 0 Å². The highest BCUT2D eigenvalue weighted by Crippen LogP contribution is 2.42. The van der Waals surface area contributed by atoms with Crippen molar-refractivity contribution in [2.75, 3.05) is 30.0 Å². The predicted octanol–water partition coefficient (Wildman–Crippen LogP) is 4.29. The molecule has 3 aromatic rings. The van der Waals surface area contributed by atoms with Crippen molar-refractivity contribution in [1.82, 2.24) is 0 Å². The Bertz CT molecular complexity index is 1120. The number of rotatable bonds is 6. The molecule has 0 saturated carbocycles. The summed E-state index contributed by atoms with van der Waals surface area (Å²) in [6.45, 7) is 0.879. The highest BCUT2D eigenvalue weighted by Gasteiger charge is 2.27. The first-order valence-corrected chi connectivity index (χ1v) is 10.1. The Balaban J connectivity index is 1.66. The van der Waals surface area contributed by atoms with Crippen molar-refractivity contribution < 1.29 is 18.7 Å². The number of fused-ring (bicyclic) bond motifs is 2. The van der Waals surface area contributed by atoms with Gasteiger partial charge in [0.25, 0.3) is 11.8 Å². The standard InChI is InChI=1S/C23H18N2O4S/c1-2-11-28-13-10-25-19-8-7-17(24-22(26)16-9-12-29-15-16)14-21(19)30-20-6-4-3-5-18(20)23(25)27/h1,3-9,12,14-15H,10-11,13H2,(H,24,26). The molecule has 1 aliphatic heterocycles. The summed E-state index contributed by atoms with van der Waals surface area (Å²) in [7, 11) is 0. The van der Waals surface area contributed by atoms with E-state index in [4.69, 9.17) is 15.6 Å². The smallest absolute Gasteiger partial charge is 0.259 e. The first-order chi connectivity index (χ1) is 14.7. The van der Waals surface area contributed by atoms with Crippen LogP contribution in [0.1, 0.15) is 20.7 Å². The van der Waals surface area contributed by atoms with Crippen LogP contribution in [-0.4, -0.2) is 31.6 Å². The van der Waals surface area contributed by atoms with Gasteiger partial charge in [-0.2, -0.15) is 0 Å². The van der Waals surface area contributed by atoms with E-state index in [1.54, 1.807) is 17.0 Å². The molecule has 2 amide bonds. The van der Waals surface area contributed by atoms with Crippen molar-refractivity contribution in [3.05, 3.63) is 72.2 Å². The molecule has 4 rings (SSSR count). The molecule has 0 spiro atoms. The highest BCUT2D eigenvalue weighted by molar-refractivity contribution is 7.99. The maximum atomic E-state index is 13.2. The van der Waals surface area contributed by atoms with Crippen molar-refractivity contribution in [3.63, 3.8) is 0 Å². The van der Waals surface area contributed by atoms with Crippen molar-refractivity contribution in [3.8, 4) is 12.3 Å². The summed E-state index contributed by atoms with van der Waals surface area (Å²) in [5.74, 6) is 2.06. The Kier molecular flexibility index (Phi) is 5.89. The second-order valence-electron chi connectivity index (χ2n) is 6.46. The molecule has 0 fully saturated rings. The lowest BCUT2D eigenvalue weighted by atomic mass is 10.1. The van der Waals surface area contributed by atoms with E-state index in [0.717, 1.165) is 15.5 Å². The molecule has 0 radical (unpaired) electrons. The zero-order chi connectivity index (χ0) is 20.9. The van der Waals surface area contributed by atoms with E-state index in [-0.39, 0.29) is 18.4 Å². The molecular formula is C23H18N2O4S. The molecule has 150 valence electrons. The third-order valence-electron chi connectivity index (χ3n) is 4.52. The van der Waals surface area contributed by atoms with Crippen LogP contribution in [0.2, 0.25) is 0 Å². The minimum atomic E-state index is -0.265. The van der Waals surface area contributed by atoms with E-state index in [2.05, 4.69) is 11.2 Å². The quantitative estimate of drug-likeness (QED) is 0.478. The van der Waals surface area contributed by atoms with Crippen LogP contribution in [0.3, 0.4) is 0 Å². The molecule has 7 heteroatoms. The van der Waals surface area contributed by atoms with Gasteiger partial charge in [0.2, 0.25) is 0 Å². The number of hydrogen-bond acceptors (Lipinski definition) is 5. The van der Waals surface area contributed by atoms with E-state index in [0.29, 0.717) is 30.0 Å². The Morgan fingerprint density at radius 3 is 2.87 bits per heavy atom. The van der Waals surface area contributed by atoms with Gasteiger partial charge in [-0.05, 0) is 36.4 Å². The molecule has 0 aliphatic carbocycles. The number of benzene rings is 2. The summed E-state index contributed by atoms with van der Waals surface area (Å²) in [5.41, 5.74) is 2.44. The minimum absolute atomic E-state index is 0.101. The Labute approximate surface area is 178 Å². The van der Waals surface area contributed by atoms with Crippen LogP contribution < -0.4 is 10.2 Å². The number of carbonyl (C=O) groups excluding carboxylic acids is 2. The van der Waals surface area contributed by atoms with Crippen LogP contribution in [0.5, 0.6) is 0 Å². The third kappa shape index (κ3) is 4.10. The average Bonchev–Trinajstić information content (AvgIpc) is 3.26. The maximum absolute atomic E-state index is 13.2. The summed E-state index contributed by atoms with van der Waals surface area (Å²) in [5, 5.41) is 2.86. The number of amides is 2. The van der Waals surface area contributed by atoms with E-state index in [1.165, 1.54) is 24.3 Å². The monoisotopic (exact) mass is 418 g/mol. The molecule has 30 heavy (non-hydrogen) atoms. The van der Waals surface area contributed by atoms with Crippen LogP contribution in [0.25, 0.3) is 0 Å². The van der Waals surface area contributed by atoms with E-state index in [9.17, 15) is 9.59 Å². The summed E-state index contributed by atoms with van der Waals surface area (Å²) in [6, 6.07) is 14.5. The van der Waals surface area contributed by atoms with E-state index < -0.39 is 0 Å². The van der Waals surface area contributed by atoms with Gasteiger partial charge in [0, 0.05) is 22.0 Å². The normalized spacial score (nSPS) is 12.5. The molecule has 6 nitrogen and oxygen atoms in total. The Morgan fingerprint density at radius 1 is 1.20 bits per heavy atom. The van der Waals surface area contributed by atoms with Crippen LogP contribution in [0.15, 0.2) is 75.3 Å². The topological polar surface area (TPSA) is 71.8 Å². The van der Waals surface area contributed by atoms with Crippen LogP contribution >= 0.6 is 11.8 Å². The van der Waals surface area contributed by atoms with Gasteiger partial charge in [-0.3, -0.25) is 9.59 Å². The van der Waals surface area contributed by atoms with E-state index in [1.807, 2.05) is 36.4 Å². The number of terminal acetylenes is 1. The SMILES string of the molecule is C#CCOCCN1C(=O)c2ccccc2Sc2cc(NC(=O)c3ccoc3)ccc21. The molecule has 0 atom stereocenters. The summed E-state index contributed by atoms with van der Waals surface area (Å²) in [6.07, 6.45) is 8.07. The van der Waals surface area contributed by atoms with E-state index >= 15 is 0 Å². The molecule has 2 aromatic carbocycles. The van der Waals surface area contributed by atoms with Crippen molar-refractivity contribution >= 4 is 35.0 Å². The third-order valence-corrected chi connectivity index (χ3v) is 5.64. The van der Waals surface area contributed by atoms with Crippen molar-refractivity contribution in [2.24, 2.45) is 0 Å². The molecule has 0 unspecified atom stereocenters. The highest BCUT2D eigenvalue weighted by atomic mass is 32.2. The molecule has 1 aliphatic rings. The van der Waals surface area contributed by atoms with Gasteiger partial charge in [0.1, 0.15) is 12.9 Å². The molecule has 2 heterocycles. The number of anilines is 2. The van der Waals surface area contributed by atoms with Gasteiger partial charge in [-0.1, -0.05) is 29.8 Å². The van der Waals surface area contributed by atoms with Crippen molar-refractivity contribution in [2.45, 2.75) is 9.79 Å². The fraction of sp³-hybridized carbons (Fsp3) is 0.130. The van der Waals surface area contributed by atoms with Gasteiger partial charge in [0.15, 0.2) is 0 Å². The van der Waals surface area contributed by atoms with Gasteiger partial charge >= 0.3 is 0 Å². The minimum Gasteiger partial charge on any atom is -0.472 e. The predicted molar refractivity (Wildman–Crippen MR) is 115 cm³/mol. The number of ether oxygens (including phenoxy) is 1. The van der Waals surface area contributed by atoms with Gasteiger partial charge in [-0.15, -0.1) is 6.42 Å². The molecular weight excluding hydrogens is 400 g/mol. The number of nitrogens with zero attached hydrogens (tertiary/aromatic N) is 1. The summed E-state index contributed by atoms with van der Waals surface area (Å²) < 4.78 is 10.4. The number of nitrogens with one attached hydrogen (secondary N) is 1. The molecule has 1 N–H and O–H groups in total. The van der Waals surface area contributed by atoms with Crippen LogP contribution in [0, 0.1) is 12.3 Å². The Hall–Kier alpha value is -3.47. The lowest BCUT2D eigenvalue weighted by Gasteiger charge is -2.23. The lowest BCUT2D eigenvalue weighted by molar-refractivity contribution is 0.0967. The van der Waals surface area contributed by atoms with Crippen molar-refractivity contribution in [1.29, 1.82) is 0 Å². The van der Waals surface area contributed by atoms with Crippen LogP contribution in [0.4, 0.5) is 11.4 Å². The molecule has 1 aromatic heterocycles.